The second-order valence-electron chi connectivity index (χ2n) is 4.37. The minimum Gasteiger partial charge on any atom is -0.328 e. The number of hydrogen-bond acceptors (Lipinski definition) is 2. The molecule has 2 heteroatoms. The van der Waals surface area contributed by atoms with Crippen LogP contribution in [0.5, 0.6) is 0 Å². The smallest absolute Gasteiger partial charge is 0.00991 e. The zero-order valence-electron chi connectivity index (χ0n) is 7.22. The van der Waals surface area contributed by atoms with Crippen molar-refractivity contribution in [1.82, 2.24) is 5.32 Å². The summed E-state index contributed by atoms with van der Waals surface area (Å²) in [5.41, 5.74) is 5.69. The van der Waals surface area contributed by atoms with Gasteiger partial charge in [-0.15, -0.1) is 0 Å². The summed E-state index contributed by atoms with van der Waals surface area (Å²) in [5.74, 6) is 0.959. The van der Waals surface area contributed by atoms with E-state index in [-0.39, 0.29) is 0 Å². The van der Waals surface area contributed by atoms with Gasteiger partial charge in [-0.25, -0.2) is 0 Å². The second-order valence-corrected chi connectivity index (χ2v) is 4.37. The first-order chi connectivity index (χ1) is 5.24. The summed E-state index contributed by atoms with van der Waals surface area (Å²) in [4.78, 5) is 0. The minimum atomic E-state index is 0.491. The molecule has 0 heterocycles. The van der Waals surface area contributed by atoms with Crippen molar-refractivity contribution in [3.63, 3.8) is 0 Å². The van der Waals surface area contributed by atoms with Crippen molar-refractivity contribution >= 4 is 0 Å². The molecule has 2 aliphatic rings. The van der Waals surface area contributed by atoms with E-state index in [9.17, 15) is 0 Å². The van der Waals surface area contributed by atoms with Crippen molar-refractivity contribution in [2.75, 3.05) is 0 Å². The highest BCUT2D eigenvalue weighted by Gasteiger charge is 2.32. The van der Waals surface area contributed by atoms with Gasteiger partial charge < -0.3 is 11.1 Å². The lowest BCUT2D eigenvalue weighted by Crippen LogP contribution is -2.54. The Bertz CT molecular complexity index is 118. The Labute approximate surface area is 68.5 Å². The molecular formula is C9H18N2. The molecule has 2 nitrogen and oxygen atoms in total. The minimum absolute atomic E-state index is 0.491. The quantitative estimate of drug-likeness (QED) is 0.619. The maximum Gasteiger partial charge on any atom is 0.00991 e. The Hall–Kier alpha value is -0.0800. The van der Waals surface area contributed by atoms with Crippen molar-refractivity contribution < 1.29 is 0 Å². The molecule has 11 heavy (non-hydrogen) atoms. The molecular weight excluding hydrogens is 136 g/mol. The number of nitrogens with two attached hydrogens (primary N) is 1. The van der Waals surface area contributed by atoms with E-state index in [0.29, 0.717) is 6.04 Å². The van der Waals surface area contributed by atoms with Crippen LogP contribution >= 0.6 is 0 Å². The van der Waals surface area contributed by atoms with E-state index in [1.54, 1.807) is 0 Å². The molecule has 3 N–H and O–H groups in total. The van der Waals surface area contributed by atoms with Gasteiger partial charge in [0.2, 0.25) is 0 Å². The lowest BCUT2D eigenvalue weighted by molar-refractivity contribution is 0.178. The highest BCUT2D eigenvalue weighted by molar-refractivity contribution is 4.93. The van der Waals surface area contributed by atoms with Crippen LogP contribution < -0.4 is 11.1 Å². The van der Waals surface area contributed by atoms with E-state index in [2.05, 4.69) is 12.2 Å². The van der Waals surface area contributed by atoms with Gasteiger partial charge in [0, 0.05) is 18.1 Å². The van der Waals surface area contributed by atoms with Crippen molar-refractivity contribution in [3.8, 4) is 0 Å². The van der Waals surface area contributed by atoms with Crippen LogP contribution in [-0.4, -0.2) is 18.1 Å². The number of hydrogen-bond donors (Lipinski definition) is 2. The zero-order valence-corrected chi connectivity index (χ0v) is 7.22. The van der Waals surface area contributed by atoms with Gasteiger partial charge in [-0.1, -0.05) is 6.92 Å². The summed E-state index contributed by atoms with van der Waals surface area (Å²) in [6.07, 6.45) is 5.16. The van der Waals surface area contributed by atoms with Gasteiger partial charge in [0.25, 0.3) is 0 Å². The normalized spacial score (nSPS) is 49.6. The molecule has 0 radical (unpaired) electrons. The molecule has 0 unspecified atom stereocenters. The molecule has 2 rings (SSSR count). The summed E-state index contributed by atoms with van der Waals surface area (Å²) in [6, 6.07) is 2.06. The molecule has 64 valence electrons. The van der Waals surface area contributed by atoms with Gasteiger partial charge in [-0.05, 0) is 31.6 Å². The van der Waals surface area contributed by atoms with Gasteiger partial charge in [0.1, 0.15) is 0 Å². The van der Waals surface area contributed by atoms with E-state index >= 15 is 0 Å². The van der Waals surface area contributed by atoms with Gasteiger partial charge in [0.05, 0.1) is 0 Å². The summed E-state index contributed by atoms with van der Waals surface area (Å²) < 4.78 is 0. The third kappa shape index (κ3) is 1.57. The van der Waals surface area contributed by atoms with E-state index < -0.39 is 0 Å². The van der Waals surface area contributed by atoms with Crippen LogP contribution in [0.15, 0.2) is 0 Å². The largest absolute Gasteiger partial charge is 0.328 e. The Kier molecular flexibility index (Phi) is 1.90. The third-order valence-electron chi connectivity index (χ3n) is 3.02. The Balaban J connectivity index is 1.61. The van der Waals surface area contributed by atoms with Crippen LogP contribution in [0.1, 0.15) is 32.6 Å². The fourth-order valence-corrected chi connectivity index (χ4v) is 2.17. The summed E-state index contributed by atoms with van der Waals surface area (Å²) in [5, 5.41) is 3.63. The first-order valence-electron chi connectivity index (χ1n) is 4.75. The van der Waals surface area contributed by atoms with Crippen LogP contribution in [0.3, 0.4) is 0 Å². The molecule has 0 saturated heterocycles. The standard InChI is InChI=1S/C9H18N2/c1-6-2-8(3-6)11-9-4-7(10)5-9/h6-9,11H,2-5,10H2,1H3. The Morgan fingerprint density at radius 2 is 1.64 bits per heavy atom. The van der Waals surface area contributed by atoms with Gasteiger partial charge >= 0.3 is 0 Å². The molecule has 2 saturated carbocycles. The molecule has 0 aliphatic heterocycles. The molecule has 0 amide bonds. The van der Waals surface area contributed by atoms with Gasteiger partial charge in [-0.2, -0.15) is 0 Å². The van der Waals surface area contributed by atoms with E-state index in [0.717, 1.165) is 18.0 Å². The third-order valence-corrected chi connectivity index (χ3v) is 3.02. The predicted molar refractivity (Wildman–Crippen MR) is 46.3 cm³/mol. The molecule has 0 aromatic heterocycles. The second kappa shape index (κ2) is 2.76. The average Bonchev–Trinajstić information content (AvgIpc) is 1.81. The van der Waals surface area contributed by atoms with Crippen molar-refractivity contribution in [2.45, 2.75) is 50.7 Å². The lowest BCUT2D eigenvalue weighted by atomic mass is 9.79. The maximum atomic E-state index is 5.69. The Morgan fingerprint density at radius 3 is 2.09 bits per heavy atom. The van der Waals surface area contributed by atoms with E-state index in [4.69, 9.17) is 5.73 Å². The molecule has 0 aromatic rings. The molecule has 2 aliphatic carbocycles. The Morgan fingerprint density at radius 1 is 1.09 bits per heavy atom. The summed E-state index contributed by atoms with van der Waals surface area (Å²) in [7, 11) is 0. The van der Waals surface area contributed by atoms with Crippen molar-refractivity contribution in [1.29, 1.82) is 0 Å². The summed E-state index contributed by atoms with van der Waals surface area (Å²) in [6.45, 7) is 2.32. The maximum absolute atomic E-state index is 5.69. The first kappa shape index (κ1) is 7.56. The predicted octanol–water partition coefficient (Wildman–Crippen LogP) is 0.864. The van der Waals surface area contributed by atoms with Gasteiger partial charge in [-0.3, -0.25) is 0 Å². The lowest BCUT2D eigenvalue weighted by Gasteiger charge is -2.41. The molecule has 0 bridgehead atoms. The van der Waals surface area contributed by atoms with Crippen LogP contribution in [0.2, 0.25) is 0 Å². The van der Waals surface area contributed by atoms with E-state index in [1.807, 2.05) is 0 Å². The highest BCUT2D eigenvalue weighted by Crippen LogP contribution is 2.29. The van der Waals surface area contributed by atoms with Gasteiger partial charge in [0.15, 0.2) is 0 Å². The molecule has 0 atom stereocenters. The van der Waals surface area contributed by atoms with Crippen LogP contribution in [0, 0.1) is 5.92 Å². The van der Waals surface area contributed by atoms with Crippen LogP contribution in [0.25, 0.3) is 0 Å². The molecule has 2 fully saturated rings. The SMILES string of the molecule is CC1CC(NC2CC(N)C2)C1. The highest BCUT2D eigenvalue weighted by atomic mass is 15.0. The zero-order chi connectivity index (χ0) is 7.84. The monoisotopic (exact) mass is 154 g/mol. The summed E-state index contributed by atoms with van der Waals surface area (Å²) >= 11 is 0. The first-order valence-corrected chi connectivity index (χ1v) is 4.75. The molecule has 0 aromatic carbocycles. The number of nitrogens with one attached hydrogen (secondary N) is 1. The fourth-order valence-electron chi connectivity index (χ4n) is 2.17. The topological polar surface area (TPSA) is 38.0 Å². The fraction of sp³-hybridized carbons (Fsp3) is 1.00. The van der Waals surface area contributed by atoms with Crippen molar-refractivity contribution in [2.24, 2.45) is 11.7 Å². The van der Waals surface area contributed by atoms with E-state index in [1.165, 1.54) is 25.7 Å². The van der Waals surface area contributed by atoms with Crippen LogP contribution in [0.4, 0.5) is 0 Å². The molecule has 0 spiro atoms. The number of rotatable bonds is 2. The van der Waals surface area contributed by atoms with Crippen molar-refractivity contribution in [3.05, 3.63) is 0 Å². The average molecular weight is 154 g/mol. The van der Waals surface area contributed by atoms with Crippen LogP contribution in [-0.2, 0) is 0 Å².